The van der Waals surface area contributed by atoms with Gasteiger partial charge in [0.15, 0.2) is 0 Å². The van der Waals surface area contributed by atoms with Gasteiger partial charge in [-0.25, -0.2) is 9.59 Å². The molecule has 3 aromatic rings. The lowest BCUT2D eigenvalue weighted by Crippen LogP contribution is -1.96. The zero-order valence-electron chi connectivity index (χ0n) is 13.6. The highest BCUT2D eigenvalue weighted by molar-refractivity contribution is 5.91. The summed E-state index contributed by atoms with van der Waals surface area (Å²) in [4.78, 5) is 22.1. The van der Waals surface area contributed by atoms with E-state index in [9.17, 15) is 9.59 Å². The van der Waals surface area contributed by atoms with E-state index in [1.807, 2.05) is 18.2 Å². The normalized spacial score (nSPS) is 10.1. The number of rotatable bonds is 4. The van der Waals surface area contributed by atoms with Gasteiger partial charge in [-0.1, -0.05) is 36.3 Å². The molecule has 0 saturated carbocycles. The Balaban J connectivity index is 2.13. The van der Waals surface area contributed by atoms with Crippen LogP contribution in [-0.2, 0) is 0 Å². The number of carboxylic acid groups (broad SMARTS) is 2. The number of hydrogen-bond acceptors (Lipinski definition) is 2. The van der Waals surface area contributed by atoms with E-state index in [2.05, 4.69) is 5.92 Å². The summed E-state index contributed by atoms with van der Waals surface area (Å²) in [7, 11) is 0. The fourth-order valence-corrected chi connectivity index (χ4v) is 2.71. The van der Waals surface area contributed by atoms with Crippen LogP contribution in [0, 0.1) is 12.3 Å². The van der Waals surface area contributed by atoms with Crippen molar-refractivity contribution in [1.29, 1.82) is 0 Å². The first-order valence-corrected chi connectivity index (χ1v) is 7.77. The van der Waals surface area contributed by atoms with Gasteiger partial charge in [0.1, 0.15) is 0 Å². The quantitative estimate of drug-likeness (QED) is 0.689. The minimum atomic E-state index is -0.988. The lowest BCUT2D eigenvalue weighted by atomic mass is 9.92. The van der Waals surface area contributed by atoms with Crippen LogP contribution in [0.1, 0.15) is 26.3 Å². The van der Waals surface area contributed by atoms with Crippen molar-refractivity contribution >= 4 is 11.9 Å². The van der Waals surface area contributed by atoms with E-state index in [1.54, 1.807) is 36.4 Å². The molecular formula is C22H14O4. The molecule has 2 N–H and O–H groups in total. The number of carboxylic acids is 2. The monoisotopic (exact) mass is 342 g/mol. The van der Waals surface area contributed by atoms with Crippen LogP contribution in [0.4, 0.5) is 0 Å². The Labute approximate surface area is 150 Å². The highest BCUT2D eigenvalue weighted by atomic mass is 16.4. The van der Waals surface area contributed by atoms with E-state index in [0.29, 0.717) is 5.56 Å². The molecule has 0 aliphatic rings. The largest absolute Gasteiger partial charge is 0.478 e. The molecule has 3 rings (SSSR count). The number of hydrogen-bond donors (Lipinski definition) is 2. The zero-order chi connectivity index (χ0) is 18.7. The molecule has 0 heterocycles. The highest BCUT2D eigenvalue weighted by Crippen LogP contribution is 2.33. The SMILES string of the molecule is C#Cc1ccc(-c2ccc(C(=O)O)cc2)c(-c2ccc(C(=O)O)cc2)c1. The van der Waals surface area contributed by atoms with Gasteiger partial charge in [0.2, 0.25) is 0 Å². The van der Waals surface area contributed by atoms with Gasteiger partial charge in [-0.05, 0) is 58.7 Å². The second-order valence-electron chi connectivity index (χ2n) is 5.67. The maximum atomic E-state index is 11.1. The van der Waals surface area contributed by atoms with E-state index in [4.69, 9.17) is 16.6 Å². The predicted octanol–water partition coefficient (Wildman–Crippen LogP) is 4.40. The molecule has 0 aliphatic heterocycles. The first-order valence-electron chi connectivity index (χ1n) is 7.77. The lowest BCUT2D eigenvalue weighted by Gasteiger charge is -2.12. The van der Waals surface area contributed by atoms with Crippen molar-refractivity contribution in [1.82, 2.24) is 0 Å². The zero-order valence-corrected chi connectivity index (χ0v) is 13.6. The standard InChI is InChI=1S/C22H14O4/c1-2-14-3-12-19(15-4-8-17(9-5-15)21(23)24)20(13-14)16-6-10-18(11-7-16)22(25)26/h1,3-13H,(H,23,24)(H,25,26). The molecule has 0 atom stereocenters. The number of carbonyl (C=O) groups is 2. The molecule has 4 heteroatoms. The second-order valence-corrected chi connectivity index (χ2v) is 5.67. The number of terminal acetylenes is 1. The van der Waals surface area contributed by atoms with Crippen LogP contribution in [0.5, 0.6) is 0 Å². The molecule has 0 unspecified atom stereocenters. The topological polar surface area (TPSA) is 74.6 Å². The van der Waals surface area contributed by atoms with Crippen molar-refractivity contribution in [3.8, 4) is 34.6 Å². The summed E-state index contributed by atoms with van der Waals surface area (Å²) < 4.78 is 0. The van der Waals surface area contributed by atoms with Crippen LogP contribution < -0.4 is 0 Å². The van der Waals surface area contributed by atoms with Crippen molar-refractivity contribution in [2.75, 3.05) is 0 Å². The van der Waals surface area contributed by atoms with Crippen LogP contribution in [0.2, 0.25) is 0 Å². The fraction of sp³-hybridized carbons (Fsp3) is 0. The second kappa shape index (κ2) is 6.96. The van der Waals surface area contributed by atoms with Gasteiger partial charge in [-0.2, -0.15) is 0 Å². The first kappa shape index (κ1) is 17.0. The van der Waals surface area contributed by atoms with Gasteiger partial charge in [0.25, 0.3) is 0 Å². The Kier molecular flexibility index (Phi) is 4.55. The smallest absolute Gasteiger partial charge is 0.335 e. The molecule has 4 nitrogen and oxygen atoms in total. The molecule has 0 radical (unpaired) electrons. The van der Waals surface area contributed by atoms with Crippen molar-refractivity contribution in [3.63, 3.8) is 0 Å². The Morgan fingerprint density at radius 1 is 0.692 bits per heavy atom. The number of aromatic carboxylic acids is 2. The Bertz CT molecular complexity index is 1020. The molecule has 0 saturated heterocycles. The van der Waals surface area contributed by atoms with Gasteiger partial charge >= 0.3 is 11.9 Å². The molecule has 0 spiro atoms. The van der Waals surface area contributed by atoms with Crippen LogP contribution in [0.15, 0.2) is 66.7 Å². The van der Waals surface area contributed by atoms with Gasteiger partial charge in [0, 0.05) is 5.56 Å². The molecular weight excluding hydrogens is 328 g/mol. The van der Waals surface area contributed by atoms with Gasteiger partial charge in [-0.15, -0.1) is 6.42 Å². The van der Waals surface area contributed by atoms with Crippen molar-refractivity contribution in [2.45, 2.75) is 0 Å². The molecule has 0 aliphatic carbocycles. The summed E-state index contributed by atoms with van der Waals surface area (Å²) in [5, 5.41) is 18.1. The van der Waals surface area contributed by atoms with E-state index in [0.717, 1.165) is 22.3 Å². The van der Waals surface area contributed by atoms with Crippen LogP contribution >= 0.6 is 0 Å². The third-order valence-electron chi connectivity index (χ3n) is 4.07. The molecule has 26 heavy (non-hydrogen) atoms. The molecule has 0 amide bonds. The molecule has 3 aromatic carbocycles. The van der Waals surface area contributed by atoms with Crippen LogP contribution in [0.25, 0.3) is 22.3 Å². The molecule has 0 bridgehead atoms. The van der Waals surface area contributed by atoms with E-state index in [1.165, 1.54) is 12.1 Å². The molecule has 126 valence electrons. The average Bonchev–Trinajstić information content (AvgIpc) is 2.67. The predicted molar refractivity (Wildman–Crippen MR) is 99.2 cm³/mol. The van der Waals surface area contributed by atoms with E-state index in [-0.39, 0.29) is 11.1 Å². The minimum Gasteiger partial charge on any atom is -0.478 e. The van der Waals surface area contributed by atoms with Crippen molar-refractivity contribution < 1.29 is 19.8 Å². The summed E-state index contributed by atoms with van der Waals surface area (Å²) in [6.07, 6.45) is 5.51. The molecule has 0 fully saturated rings. The summed E-state index contributed by atoms with van der Waals surface area (Å²) in [5.74, 6) is 0.627. The Morgan fingerprint density at radius 3 is 1.58 bits per heavy atom. The fourth-order valence-electron chi connectivity index (χ4n) is 2.71. The molecule has 0 aromatic heterocycles. The first-order chi connectivity index (χ1) is 12.5. The lowest BCUT2D eigenvalue weighted by molar-refractivity contribution is 0.0686. The summed E-state index contributed by atoms with van der Waals surface area (Å²) in [5.41, 5.74) is 4.51. The number of benzene rings is 3. The highest BCUT2D eigenvalue weighted by Gasteiger charge is 2.11. The summed E-state index contributed by atoms with van der Waals surface area (Å²) in [6, 6.07) is 18.7. The average molecular weight is 342 g/mol. The van der Waals surface area contributed by atoms with Crippen molar-refractivity contribution in [2.24, 2.45) is 0 Å². The van der Waals surface area contributed by atoms with E-state index >= 15 is 0 Å². The van der Waals surface area contributed by atoms with Gasteiger partial charge < -0.3 is 10.2 Å². The minimum absolute atomic E-state index is 0.203. The summed E-state index contributed by atoms with van der Waals surface area (Å²) >= 11 is 0. The van der Waals surface area contributed by atoms with Crippen molar-refractivity contribution in [3.05, 3.63) is 83.4 Å². The van der Waals surface area contributed by atoms with E-state index < -0.39 is 11.9 Å². The van der Waals surface area contributed by atoms with Gasteiger partial charge in [0.05, 0.1) is 11.1 Å². The maximum Gasteiger partial charge on any atom is 0.335 e. The van der Waals surface area contributed by atoms with Gasteiger partial charge in [-0.3, -0.25) is 0 Å². The summed E-state index contributed by atoms with van der Waals surface area (Å²) in [6.45, 7) is 0. The Morgan fingerprint density at radius 2 is 1.15 bits per heavy atom. The van der Waals surface area contributed by atoms with Crippen LogP contribution in [-0.4, -0.2) is 22.2 Å². The third kappa shape index (κ3) is 3.33. The van der Waals surface area contributed by atoms with Crippen LogP contribution in [0.3, 0.4) is 0 Å². The Hall–Kier alpha value is -3.84. The third-order valence-corrected chi connectivity index (χ3v) is 4.07. The maximum absolute atomic E-state index is 11.1.